The van der Waals surface area contributed by atoms with Gasteiger partial charge in [0.15, 0.2) is 0 Å². The lowest BCUT2D eigenvalue weighted by atomic mass is 9.81. The van der Waals surface area contributed by atoms with Gasteiger partial charge in [-0.25, -0.2) is 0 Å². The summed E-state index contributed by atoms with van der Waals surface area (Å²) in [6.07, 6.45) is 6.98. The molecule has 2 rings (SSSR count). The second-order valence-electron chi connectivity index (χ2n) is 7.22. The van der Waals surface area contributed by atoms with Crippen molar-refractivity contribution in [2.45, 2.75) is 70.9 Å². The number of carbonyl (C=O) groups is 2. The van der Waals surface area contributed by atoms with Crippen molar-refractivity contribution < 1.29 is 14.7 Å². The monoisotopic (exact) mass is 310 g/mol. The summed E-state index contributed by atoms with van der Waals surface area (Å²) < 4.78 is 0. The molecule has 2 amide bonds. The summed E-state index contributed by atoms with van der Waals surface area (Å²) in [4.78, 5) is 24.0. The average Bonchev–Trinajstić information content (AvgIpc) is 3.28. The van der Waals surface area contributed by atoms with Crippen LogP contribution in [-0.4, -0.2) is 35.6 Å². The number of aliphatic hydroxyl groups excluding tert-OH is 1. The topological polar surface area (TPSA) is 78.4 Å². The van der Waals surface area contributed by atoms with E-state index in [1.807, 2.05) is 0 Å². The van der Waals surface area contributed by atoms with Gasteiger partial charge in [0.2, 0.25) is 11.8 Å². The molecule has 126 valence electrons. The normalized spacial score (nSPS) is 27.8. The first-order valence-electron chi connectivity index (χ1n) is 8.73. The number of hydrogen-bond donors (Lipinski definition) is 3. The van der Waals surface area contributed by atoms with Crippen LogP contribution < -0.4 is 10.6 Å². The molecule has 3 N–H and O–H groups in total. The smallest absolute Gasteiger partial charge is 0.245 e. The molecule has 4 atom stereocenters. The van der Waals surface area contributed by atoms with E-state index in [0.29, 0.717) is 12.5 Å². The predicted molar refractivity (Wildman–Crippen MR) is 85.1 cm³/mol. The quantitative estimate of drug-likeness (QED) is 0.668. The fourth-order valence-corrected chi connectivity index (χ4v) is 3.35. The summed E-state index contributed by atoms with van der Waals surface area (Å²) in [5, 5.41) is 15.3. The third-order valence-corrected chi connectivity index (χ3v) is 4.91. The van der Waals surface area contributed by atoms with Crippen LogP contribution in [0.25, 0.3) is 0 Å². The molecule has 0 radical (unpaired) electrons. The summed E-state index contributed by atoms with van der Waals surface area (Å²) in [5.74, 6) is 1.14. The van der Waals surface area contributed by atoms with Crippen molar-refractivity contribution in [1.29, 1.82) is 0 Å². The maximum Gasteiger partial charge on any atom is 0.245 e. The molecular formula is C17H30N2O3. The number of nitrogens with one attached hydrogen (secondary N) is 2. The Kier molecular flexibility index (Phi) is 6.24. The highest BCUT2D eigenvalue weighted by Crippen LogP contribution is 2.30. The van der Waals surface area contributed by atoms with Crippen molar-refractivity contribution in [2.24, 2.45) is 17.8 Å². The molecule has 0 aromatic heterocycles. The first-order valence-corrected chi connectivity index (χ1v) is 8.73. The van der Waals surface area contributed by atoms with Crippen LogP contribution in [0.5, 0.6) is 0 Å². The summed E-state index contributed by atoms with van der Waals surface area (Å²) in [7, 11) is 0. The van der Waals surface area contributed by atoms with Crippen LogP contribution in [0, 0.1) is 17.8 Å². The van der Waals surface area contributed by atoms with E-state index in [1.165, 1.54) is 25.7 Å². The van der Waals surface area contributed by atoms with Gasteiger partial charge in [0.1, 0.15) is 6.04 Å². The van der Waals surface area contributed by atoms with E-state index in [-0.39, 0.29) is 17.7 Å². The van der Waals surface area contributed by atoms with Crippen molar-refractivity contribution >= 4 is 11.8 Å². The Morgan fingerprint density at radius 1 is 1.23 bits per heavy atom. The van der Waals surface area contributed by atoms with Crippen molar-refractivity contribution in [3.63, 3.8) is 0 Å². The van der Waals surface area contributed by atoms with Crippen molar-refractivity contribution in [1.82, 2.24) is 10.6 Å². The molecule has 0 spiro atoms. The van der Waals surface area contributed by atoms with Gasteiger partial charge in [-0.2, -0.15) is 0 Å². The minimum absolute atomic E-state index is 0.0396. The van der Waals surface area contributed by atoms with Crippen LogP contribution in [0.1, 0.15) is 58.8 Å². The summed E-state index contributed by atoms with van der Waals surface area (Å²) >= 11 is 0. The van der Waals surface area contributed by atoms with Gasteiger partial charge < -0.3 is 15.7 Å². The van der Waals surface area contributed by atoms with Crippen LogP contribution in [0.3, 0.4) is 0 Å². The number of amides is 2. The van der Waals surface area contributed by atoms with E-state index in [1.54, 1.807) is 6.92 Å². The van der Waals surface area contributed by atoms with Crippen molar-refractivity contribution in [2.75, 3.05) is 6.54 Å². The van der Waals surface area contributed by atoms with E-state index in [0.717, 1.165) is 25.2 Å². The van der Waals surface area contributed by atoms with Gasteiger partial charge in [-0.3, -0.25) is 9.59 Å². The van der Waals surface area contributed by atoms with Gasteiger partial charge in [-0.1, -0.05) is 26.2 Å². The Balaban J connectivity index is 1.72. The van der Waals surface area contributed by atoms with Crippen LogP contribution in [-0.2, 0) is 9.59 Å². The fourth-order valence-electron chi connectivity index (χ4n) is 3.35. The number of aliphatic hydroxyl groups is 1. The van der Waals surface area contributed by atoms with Gasteiger partial charge in [-0.15, -0.1) is 0 Å². The van der Waals surface area contributed by atoms with Crippen molar-refractivity contribution in [3.05, 3.63) is 0 Å². The maximum absolute atomic E-state index is 12.2. The fraction of sp³-hybridized carbons (Fsp3) is 0.882. The van der Waals surface area contributed by atoms with Crippen LogP contribution in [0.4, 0.5) is 0 Å². The third-order valence-electron chi connectivity index (χ3n) is 4.91. The largest absolute Gasteiger partial charge is 0.391 e. The second kappa shape index (κ2) is 7.95. The third kappa shape index (κ3) is 5.27. The molecule has 2 fully saturated rings. The molecule has 0 saturated heterocycles. The Hall–Kier alpha value is -1.10. The zero-order valence-electron chi connectivity index (χ0n) is 13.8. The first kappa shape index (κ1) is 17.3. The highest BCUT2D eigenvalue weighted by atomic mass is 16.3. The Morgan fingerprint density at radius 3 is 2.55 bits per heavy atom. The molecule has 0 aromatic carbocycles. The average molecular weight is 310 g/mol. The molecule has 2 aliphatic carbocycles. The summed E-state index contributed by atoms with van der Waals surface area (Å²) in [6, 6.07) is -0.835. The Bertz CT molecular complexity index is 393. The van der Waals surface area contributed by atoms with Gasteiger partial charge in [0.05, 0.1) is 6.10 Å². The van der Waals surface area contributed by atoms with E-state index in [2.05, 4.69) is 17.6 Å². The molecule has 0 aliphatic heterocycles. The van der Waals surface area contributed by atoms with Crippen LogP contribution in [0.15, 0.2) is 0 Å². The van der Waals surface area contributed by atoms with E-state index >= 15 is 0 Å². The molecule has 0 aromatic rings. The molecule has 0 heterocycles. The lowest BCUT2D eigenvalue weighted by Crippen LogP contribution is -2.53. The molecule has 22 heavy (non-hydrogen) atoms. The highest BCUT2D eigenvalue weighted by Gasteiger charge is 2.34. The van der Waals surface area contributed by atoms with E-state index in [4.69, 9.17) is 0 Å². The van der Waals surface area contributed by atoms with E-state index < -0.39 is 12.1 Å². The number of carbonyl (C=O) groups excluding carboxylic acids is 2. The number of hydrogen-bond acceptors (Lipinski definition) is 3. The van der Waals surface area contributed by atoms with Gasteiger partial charge in [-0.05, 0) is 44.4 Å². The highest BCUT2D eigenvalue weighted by molar-refractivity contribution is 5.89. The molecule has 4 unspecified atom stereocenters. The van der Waals surface area contributed by atoms with Crippen LogP contribution in [0.2, 0.25) is 0 Å². The van der Waals surface area contributed by atoms with Gasteiger partial charge in [0, 0.05) is 12.5 Å². The zero-order chi connectivity index (χ0) is 16.1. The van der Waals surface area contributed by atoms with Crippen molar-refractivity contribution in [3.8, 4) is 0 Å². The zero-order valence-corrected chi connectivity index (χ0v) is 13.8. The first-order chi connectivity index (χ1) is 10.5. The molecule has 2 aliphatic rings. The predicted octanol–water partition coefficient (Wildman–Crippen LogP) is 1.59. The molecule has 5 heteroatoms. The Morgan fingerprint density at radius 2 is 1.95 bits per heavy atom. The molecular weight excluding hydrogens is 280 g/mol. The lowest BCUT2D eigenvalue weighted by molar-refractivity contribution is -0.132. The van der Waals surface area contributed by atoms with E-state index in [9.17, 15) is 14.7 Å². The Labute approximate surface area is 133 Å². The summed E-state index contributed by atoms with van der Waals surface area (Å²) in [5.41, 5.74) is 0. The molecule has 5 nitrogen and oxygen atoms in total. The molecule has 0 bridgehead atoms. The molecule has 2 saturated carbocycles. The minimum Gasteiger partial charge on any atom is -0.391 e. The van der Waals surface area contributed by atoms with Crippen LogP contribution >= 0.6 is 0 Å². The maximum atomic E-state index is 12.2. The van der Waals surface area contributed by atoms with Gasteiger partial charge in [0.25, 0.3) is 0 Å². The van der Waals surface area contributed by atoms with Gasteiger partial charge >= 0.3 is 0 Å². The minimum atomic E-state index is -0.877. The second-order valence-corrected chi connectivity index (χ2v) is 7.22. The standard InChI is InChI=1S/C17H30N2O3/c1-11-4-3-5-13(10-11)8-9-18-17(22)15(12(2)20)19-16(21)14-6-7-14/h11-15,20H,3-10H2,1-2H3,(H,18,22)(H,19,21). The summed E-state index contributed by atoms with van der Waals surface area (Å²) in [6.45, 7) is 4.46. The SMILES string of the molecule is CC1CCCC(CCNC(=O)C(NC(=O)C2CC2)C(C)O)C1. The lowest BCUT2D eigenvalue weighted by Gasteiger charge is -2.27. The number of rotatable bonds is 7.